The van der Waals surface area contributed by atoms with Crippen LogP contribution in [0.1, 0.15) is 120 Å². The molecule has 0 spiro atoms. The third-order valence-electron chi connectivity index (χ3n) is 7.81. The molecule has 0 unspecified atom stereocenters. The molecule has 0 bridgehead atoms. The molecule has 0 aliphatic heterocycles. The van der Waals surface area contributed by atoms with Gasteiger partial charge < -0.3 is 15.2 Å². The number of rotatable bonds is 21. The van der Waals surface area contributed by atoms with Crippen LogP contribution in [0.5, 0.6) is 17.2 Å². The molecule has 0 aliphatic carbocycles. The molecule has 42 heavy (non-hydrogen) atoms. The van der Waals surface area contributed by atoms with Gasteiger partial charge in [-0.15, -0.1) is 0 Å². The monoisotopic (exact) mass is 576 g/mol. The summed E-state index contributed by atoms with van der Waals surface area (Å²) >= 11 is 0. The van der Waals surface area contributed by atoms with Crippen LogP contribution in [0.15, 0.2) is 54.6 Å². The van der Waals surface area contributed by atoms with Crippen LogP contribution in [0.3, 0.4) is 0 Å². The lowest BCUT2D eigenvalue weighted by molar-refractivity contribution is -0.384. The predicted octanol–water partition coefficient (Wildman–Crippen LogP) is 10.2. The molecule has 0 saturated carbocycles. The quantitative estimate of drug-likeness (QED) is 0.0746. The highest BCUT2D eigenvalue weighted by Crippen LogP contribution is 2.38. The zero-order valence-electron chi connectivity index (χ0n) is 25.2. The van der Waals surface area contributed by atoms with E-state index in [1.54, 1.807) is 18.2 Å². The lowest BCUT2D eigenvalue weighted by Crippen LogP contribution is -2.24. The molecule has 3 rings (SSSR count). The van der Waals surface area contributed by atoms with Crippen LogP contribution in [0, 0.1) is 10.1 Å². The van der Waals surface area contributed by atoms with Gasteiger partial charge in [0, 0.05) is 29.4 Å². The Balaban J connectivity index is 1.36. The summed E-state index contributed by atoms with van der Waals surface area (Å²) in [5.41, 5.74) is 0.106. The van der Waals surface area contributed by atoms with E-state index in [4.69, 9.17) is 4.74 Å². The lowest BCUT2D eigenvalue weighted by atomic mass is 10.0. The first-order valence-electron chi connectivity index (χ1n) is 16.0. The minimum Gasteiger partial charge on any atom is -0.506 e. The molecule has 0 atom stereocenters. The number of nitrogens with zero attached hydrogens (tertiary/aromatic N) is 1. The fourth-order valence-electron chi connectivity index (χ4n) is 5.32. The van der Waals surface area contributed by atoms with Gasteiger partial charge in [0.15, 0.2) is 0 Å². The van der Waals surface area contributed by atoms with E-state index >= 15 is 0 Å². The molecule has 228 valence electrons. The summed E-state index contributed by atoms with van der Waals surface area (Å²) in [5, 5.41) is 25.9. The SMILES string of the molecule is CCCCCCCCCCCCCCCCCCNC(=O)c1cc(Oc2ccc([N+](=O)[O-])cc2)c2ccccc2c1O. The maximum Gasteiger partial charge on any atom is 0.269 e. The Bertz CT molecular complexity index is 1240. The molecule has 3 aromatic carbocycles. The lowest BCUT2D eigenvalue weighted by Gasteiger charge is -2.14. The largest absolute Gasteiger partial charge is 0.506 e. The number of unbranched alkanes of at least 4 members (excludes halogenated alkanes) is 15. The van der Waals surface area contributed by atoms with E-state index in [0.29, 0.717) is 28.8 Å². The van der Waals surface area contributed by atoms with Crippen LogP contribution < -0.4 is 10.1 Å². The first-order chi connectivity index (χ1) is 20.5. The van der Waals surface area contributed by atoms with Gasteiger partial charge in [0.25, 0.3) is 11.6 Å². The highest BCUT2D eigenvalue weighted by atomic mass is 16.6. The molecule has 0 heterocycles. The van der Waals surface area contributed by atoms with Crippen LogP contribution in [0.4, 0.5) is 5.69 Å². The van der Waals surface area contributed by atoms with Crippen molar-refractivity contribution in [2.75, 3.05) is 6.54 Å². The molecule has 2 N–H and O–H groups in total. The van der Waals surface area contributed by atoms with Gasteiger partial charge in [-0.1, -0.05) is 128 Å². The number of benzene rings is 3. The Morgan fingerprint density at radius 3 is 1.79 bits per heavy atom. The zero-order chi connectivity index (χ0) is 30.0. The number of hydrogen-bond donors (Lipinski definition) is 2. The van der Waals surface area contributed by atoms with Gasteiger partial charge in [-0.2, -0.15) is 0 Å². The zero-order valence-corrected chi connectivity index (χ0v) is 25.2. The molecular formula is C35H48N2O5. The molecule has 7 nitrogen and oxygen atoms in total. The fourth-order valence-corrected chi connectivity index (χ4v) is 5.32. The Morgan fingerprint density at radius 1 is 0.762 bits per heavy atom. The number of ether oxygens (including phenoxy) is 1. The second-order valence-corrected chi connectivity index (χ2v) is 11.2. The molecule has 7 heteroatoms. The number of aromatic hydroxyl groups is 1. The summed E-state index contributed by atoms with van der Waals surface area (Å²) in [6.07, 6.45) is 20.8. The van der Waals surface area contributed by atoms with E-state index < -0.39 is 4.92 Å². The normalized spacial score (nSPS) is 11.1. The van der Waals surface area contributed by atoms with E-state index in [0.717, 1.165) is 12.8 Å². The summed E-state index contributed by atoms with van der Waals surface area (Å²) in [6, 6.07) is 14.4. The van der Waals surface area contributed by atoms with E-state index in [-0.39, 0.29) is 22.9 Å². The van der Waals surface area contributed by atoms with Crippen molar-refractivity contribution in [3.05, 3.63) is 70.3 Å². The predicted molar refractivity (Wildman–Crippen MR) is 171 cm³/mol. The number of fused-ring (bicyclic) bond motifs is 1. The summed E-state index contributed by atoms with van der Waals surface area (Å²) in [4.78, 5) is 23.5. The number of phenolic OH excluding ortho intramolecular Hbond substituents is 1. The van der Waals surface area contributed by atoms with Gasteiger partial charge in [-0.3, -0.25) is 14.9 Å². The highest BCUT2D eigenvalue weighted by Gasteiger charge is 2.18. The number of hydrogen-bond acceptors (Lipinski definition) is 5. The number of nitrogens with one attached hydrogen (secondary N) is 1. The average molecular weight is 577 g/mol. The van der Waals surface area contributed by atoms with Crippen molar-refractivity contribution in [1.82, 2.24) is 5.32 Å². The number of carbonyl (C=O) groups is 1. The molecule has 0 aromatic heterocycles. The van der Waals surface area contributed by atoms with Crippen molar-refractivity contribution in [1.29, 1.82) is 0 Å². The summed E-state index contributed by atoms with van der Waals surface area (Å²) < 4.78 is 6.00. The molecule has 0 fully saturated rings. The summed E-state index contributed by atoms with van der Waals surface area (Å²) in [5.74, 6) is 0.347. The maximum absolute atomic E-state index is 13.0. The van der Waals surface area contributed by atoms with Gasteiger partial charge in [0.1, 0.15) is 17.2 Å². The number of amides is 1. The van der Waals surface area contributed by atoms with Crippen LogP contribution >= 0.6 is 0 Å². The first kappa shape index (κ1) is 32.9. The second-order valence-electron chi connectivity index (χ2n) is 11.2. The van der Waals surface area contributed by atoms with Crippen molar-refractivity contribution in [3.63, 3.8) is 0 Å². The average Bonchev–Trinajstić information content (AvgIpc) is 3.00. The Kier molecular flexibility index (Phi) is 14.7. The van der Waals surface area contributed by atoms with Crippen LogP contribution in [0.2, 0.25) is 0 Å². The summed E-state index contributed by atoms with van der Waals surface area (Å²) in [6.45, 7) is 2.81. The second kappa shape index (κ2) is 18.7. The minimum absolute atomic E-state index is 0.0351. The number of nitro groups is 1. The molecule has 0 aliphatic rings. The number of non-ortho nitro benzene ring substituents is 1. The molecule has 3 aromatic rings. The Morgan fingerprint density at radius 2 is 1.26 bits per heavy atom. The standard InChI is InChI=1S/C35H48N2O5/c1-2-3-4-5-6-7-8-9-10-11-12-13-14-15-16-19-26-36-35(39)32-27-33(30-20-17-18-21-31(30)34(32)38)42-29-24-22-28(23-25-29)37(40)41/h17-18,20-25,27,38H,2-16,19,26H2,1H3,(H,36,39). The van der Waals surface area contributed by atoms with Crippen molar-refractivity contribution < 1.29 is 19.6 Å². The van der Waals surface area contributed by atoms with Crippen LogP contribution in [-0.2, 0) is 0 Å². The van der Waals surface area contributed by atoms with E-state index in [1.807, 2.05) is 6.07 Å². The number of phenols is 1. The third kappa shape index (κ3) is 11.0. The fraction of sp³-hybridized carbons (Fsp3) is 0.514. The van der Waals surface area contributed by atoms with E-state index in [2.05, 4.69) is 12.2 Å². The Labute approximate surface area is 250 Å². The third-order valence-corrected chi connectivity index (χ3v) is 7.81. The van der Waals surface area contributed by atoms with Crippen molar-refractivity contribution in [2.24, 2.45) is 0 Å². The van der Waals surface area contributed by atoms with Crippen molar-refractivity contribution in [2.45, 2.75) is 110 Å². The van der Waals surface area contributed by atoms with Crippen LogP contribution in [0.25, 0.3) is 10.8 Å². The van der Waals surface area contributed by atoms with Gasteiger partial charge in [-0.25, -0.2) is 0 Å². The van der Waals surface area contributed by atoms with Gasteiger partial charge in [0.05, 0.1) is 10.5 Å². The van der Waals surface area contributed by atoms with Crippen LogP contribution in [-0.4, -0.2) is 22.5 Å². The Hall–Kier alpha value is -3.61. The highest BCUT2D eigenvalue weighted by molar-refractivity contribution is 6.05. The first-order valence-corrected chi connectivity index (χ1v) is 16.0. The van der Waals surface area contributed by atoms with E-state index in [1.165, 1.54) is 120 Å². The topological polar surface area (TPSA) is 102 Å². The molecule has 0 radical (unpaired) electrons. The number of carbonyl (C=O) groups excluding carboxylic acids is 1. The van der Waals surface area contributed by atoms with Crippen molar-refractivity contribution >= 4 is 22.4 Å². The molecular weight excluding hydrogens is 528 g/mol. The number of nitro benzene ring substituents is 1. The van der Waals surface area contributed by atoms with Gasteiger partial charge in [0.2, 0.25) is 0 Å². The minimum atomic E-state index is -0.471. The van der Waals surface area contributed by atoms with Gasteiger partial charge >= 0.3 is 0 Å². The maximum atomic E-state index is 13.0. The smallest absolute Gasteiger partial charge is 0.269 e. The van der Waals surface area contributed by atoms with E-state index in [9.17, 15) is 20.0 Å². The van der Waals surface area contributed by atoms with Crippen molar-refractivity contribution in [3.8, 4) is 17.2 Å². The molecule has 1 amide bonds. The molecule has 0 saturated heterocycles. The summed E-state index contributed by atoms with van der Waals surface area (Å²) in [7, 11) is 0. The van der Waals surface area contributed by atoms with Gasteiger partial charge in [-0.05, 0) is 24.6 Å².